The molecule has 1 fully saturated rings. The molecule has 0 bridgehead atoms. The molecule has 7 nitrogen and oxygen atoms in total. The van der Waals surface area contributed by atoms with Crippen molar-refractivity contribution in [1.29, 1.82) is 0 Å². The Balaban J connectivity index is 1.50. The molecule has 4 heterocycles. The highest BCUT2D eigenvalue weighted by Gasteiger charge is 2.36. The lowest BCUT2D eigenvalue weighted by molar-refractivity contribution is 0.0506. The molecule has 0 unspecified atom stereocenters. The third kappa shape index (κ3) is 3.30. The first-order valence-corrected chi connectivity index (χ1v) is 10.2. The van der Waals surface area contributed by atoms with Crippen molar-refractivity contribution in [1.82, 2.24) is 19.0 Å². The maximum absolute atomic E-state index is 13.9. The van der Waals surface area contributed by atoms with Gasteiger partial charge < -0.3 is 19.1 Å². The number of imidazole rings is 1. The SMILES string of the molecule is O=C1c2c(O)c(=O)c(-c3cn(Cc4ccc(F)cc4F)cn3)cn2C[C@H]2CCCCN12. The summed E-state index contributed by atoms with van der Waals surface area (Å²) < 4.78 is 30.3. The fraction of sp³-hybridized carbons (Fsp3) is 0.318. The van der Waals surface area contributed by atoms with Gasteiger partial charge in [-0.05, 0) is 25.3 Å². The average Bonchev–Trinajstić information content (AvgIpc) is 3.21. The number of carbonyl (C=O) groups is 1. The zero-order chi connectivity index (χ0) is 21.7. The topological polar surface area (TPSA) is 80.4 Å². The van der Waals surface area contributed by atoms with Crippen LogP contribution in [0.3, 0.4) is 0 Å². The fourth-order valence-corrected chi connectivity index (χ4v) is 4.45. The minimum absolute atomic E-state index is 0.0136. The van der Waals surface area contributed by atoms with E-state index in [0.717, 1.165) is 25.3 Å². The average molecular weight is 426 g/mol. The summed E-state index contributed by atoms with van der Waals surface area (Å²) in [5.74, 6) is -2.23. The molecule has 160 valence electrons. The molecule has 1 saturated heterocycles. The van der Waals surface area contributed by atoms with Crippen molar-refractivity contribution in [3.8, 4) is 17.0 Å². The zero-order valence-corrected chi connectivity index (χ0v) is 16.6. The summed E-state index contributed by atoms with van der Waals surface area (Å²) in [6.07, 6.45) is 7.39. The van der Waals surface area contributed by atoms with E-state index in [2.05, 4.69) is 4.98 Å². The first-order valence-electron chi connectivity index (χ1n) is 10.2. The number of aromatic nitrogens is 3. The number of nitrogens with zero attached hydrogens (tertiary/aromatic N) is 4. The van der Waals surface area contributed by atoms with Gasteiger partial charge in [0.15, 0.2) is 11.4 Å². The molecule has 2 aliphatic heterocycles. The van der Waals surface area contributed by atoms with Gasteiger partial charge in [-0.1, -0.05) is 6.07 Å². The van der Waals surface area contributed by atoms with Crippen molar-refractivity contribution in [2.75, 3.05) is 6.54 Å². The molecule has 9 heteroatoms. The van der Waals surface area contributed by atoms with Gasteiger partial charge in [-0.2, -0.15) is 0 Å². The molecule has 0 aliphatic carbocycles. The Morgan fingerprint density at radius 2 is 2.00 bits per heavy atom. The van der Waals surface area contributed by atoms with Crippen LogP contribution < -0.4 is 5.43 Å². The fourth-order valence-electron chi connectivity index (χ4n) is 4.45. The molecule has 1 atom stereocenters. The van der Waals surface area contributed by atoms with Gasteiger partial charge in [0.1, 0.15) is 11.6 Å². The minimum atomic E-state index is -0.673. The van der Waals surface area contributed by atoms with Crippen molar-refractivity contribution in [2.45, 2.75) is 38.4 Å². The number of hydrogen-bond acceptors (Lipinski definition) is 4. The minimum Gasteiger partial charge on any atom is -0.503 e. The summed E-state index contributed by atoms with van der Waals surface area (Å²) in [7, 11) is 0. The van der Waals surface area contributed by atoms with Crippen LogP contribution in [-0.4, -0.2) is 42.6 Å². The molecule has 0 saturated carbocycles. The highest BCUT2D eigenvalue weighted by atomic mass is 19.1. The molecule has 1 aromatic carbocycles. The number of benzene rings is 1. The van der Waals surface area contributed by atoms with Crippen molar-refractivity contribution in [3.63, 3.8) is 0 Å². The van der Waals surface area contributed by atoms with Gasteiger partial charge in [0.2, 0.25) is 5.43 Å². The normalized spacial score (nSPS) is 18.1. The Bertz CT molecular complexity index is 1250. The summed E-state index contributed by atoms with van der Waals surface area (Å²) in [6.45, 7) is 1.24. The molecule has 3 aromatic rings. The number of carbonyl (C=O) groups excluding carboxylic acids is 1. The third-order valence-electron chi connectivity index (χ3n) is 6.03. The largest absolute Gasteiger partial charge is 0.503 e. The van der Waals surface area contributed by atoms with Crippen LogP contribution >= 0.6 is 0 Å². The second-order valence-corrected chi connectivity index (χ2v) is 8.04. The molecule has 31 heavy (non-hydrogen) atoms. The zero-order valence-electron chi connectivity index (χ0n) is 16.6. The third-order valence-corrected chi connectivity index (χ3v) is 6.03. The van der Waals surface area contributed by atoms with Crippen LogP contribution in [0.5, 0.6) is 5.75 Å². The van der Waals surface area contributed by atoms with Crippen LogP contribution in [0, 0.1) is 11.6 Å². The number of aromatic hydroxyl groups is 1. The van der Waals surface area contributed by atoms with Gasteiger partial charge in [0, 0.05) is 43.2 Å². The van der Waals surface area contributed by atoms with E-state index in [9.17, 15) is 23.5 Å². The lowest BCUT2D eigenvalue weighted by Crippen LogP contribution is -2.51. The van der Waals surface area contributed by atoms with Crippen LogP contribution in [0.25, 0.3) is 11.3 Å². The smallest absolute Gasteiger partial charge is 0.274 e. The first kappa shape index (κ1) is 19.5. The van der Waals surface area contributed by atoms with Crippen LogP contribution in [-0.2, 0) is 13.1 Å². The van der Waals surface area contributed by atoms with Gasteiger partial charge >= 0.3 is 0 Å². The summed E-state index contributed by atoms with van der Waals surface area (Å²) in [6, 6.07) is 3.39. The predicted octanol–water partition coefficient (Wildman–Crippen LogP) is 2.75. The second kappa shape index (κ2) is 7.33. The quantitative estimate of drug-likeness (QED) is 0.699. The molecular formula is C22H20F2N4O3. The van der Waals surface area contributed by atoms with Gasteiger partial charge in [-0.3, -0.25) is 9.59 Å². The van der Waals surface area contributed by atoms with E-state index in [-0.39, 0.29) is 35.3 Å². The van der Waals surface area contributed by atoms with E-state index in [1.807, 2.05) is 0 Å². The number of pyridine rings is 1. The predicted molar refractivity (Wildman–Crippen MR) is 108 cm³/mol. The van der Waals surface area contributed by atoms with Gasteiger partial charge in [0.05, 0.1) is 24.1 Å². The van der Waals surface area contributed by atoms with Crippen LogP contribution in [0.4, 0.5) is 8.78 Å². The van der Waals surface area contributed by atoms with Gasteiger partial charge in [0.25, 0.3) is 5.91 Å². The number of amides is 1. The molecular weight excluding hydrogens is 406 g/mol. The number of halogens is 2. The van der Waals surface area contributed by atoms with E-state index >= 15 is 0 Å². The highest BCUT2D eigenvalue weighted by molar-refractivity contribution is 5.96. The maximum atomic E-state index is 13.9. The maximum Gasteiger partial charge on any atom is 0.274 e. The van der Waals surface area contributed by atoms with E-state index in [1.165, 1.54) is 18.5 Å². The van der Waals surface area contributed by atoms with Gasteiger partial charge in [-0.15, -0.1) is 0 Å². The molecule has 0 radical (unpaired) electrons. The molecule has 2 aromatic heterocycles. The Kier molecular flexibility index (Phi) is 4.60. The molecule has 1 amide bonds. The molecule has 0 spiro atoms. The van der Waals surface area contributed by atoms with E-state index in [1.54, 1.807) is 26.4 Å². The van der Waals surface area contributed by atoms with Crippen LogP contribution in [0.2, 0.25) is 0 Å². The number of rotatable bonds is 3. The van der Waals surface area contributed by atoms with Gasteiger partial charge in [-0.25, -0.2) is 13.8 Å². The summed E-state index contributed by atoms with van der Waals surface area (Å²) in [5, 5.41) is 10.6. The van der Waals surface area contributed by atoms with Crippen LogP contribution in [0.15, 0.2) is 41.7 Å². The summed E-state index contributed by atoms with van der Waals surface area (Å²) in [5.41, 5.74) is 0.0830. The van der Waals surface area contributed by atoms with Crippen molar-refractivity contribution >= 4 is 5.91 Å². The monoisotopic (exact) mass is 426 g/mol. The van der Waals surface area contributed by atoms with Crippen LogP contribution in [0.1, 0.15) is 35.3 Å². The van der Waals surface area contributed by atoms with E-state index in [4.69, 9.17) is 0 Å². The highest BCUT2D eigenvalue weighted by Crippen LogP contribution is 2.30. The van der Waals surface area contributed by atoms with Crippen molar-refractivity contribution < 1.29 is 18.7 Å². The number of fused-ring (bicyclic) bond motifs is 2. The Hall–Kier alpha value is -3.49. The van der Waals surface area contributed by atoms with E-state index in [0.29, 0.717) is 18.8 Å². The lowest BCUT2D eigenvalue weighted by Gasteiger charge is -2.40. The lowest BCUT2D eigenvalue weighted by atomic mass is 9.98. The second-order valence-electron chi connectivity index (χ2n) is 8.04. The number of hydrogen-bond donors (Lipinski definition) is 1. The van der Waals surface area contributed by atoms with E-state index < -0.39 is 22.8 Å². The molecule has 2 aliphatic rings. The Labute approximate surface area is 176 Å². The first-order chi connectivity index (χ1) is 14.9. The molecule has 1 N–H and O–H groups in total. The number of piperidine rings is 1. The standard InChI is InChI=1S/C22H20F2N4O3/c23-14-5-4-13(17(24)7-14)8-26-11-18(25-12-26)16-10-27-9-15-3-1-2-6-28(15)22(31)19(27)21(30)20(16)29/h4-5,7,10-12,15,30H,1-3,6,8-9H2/t15-/m1/s1. The Morgan fingerprint density at radius 1 is 1.16 bits per heavy atom. The Morgan fingerprint density at radius 3 is 2.81 bits per heavy atom. The summed E-state index contributed by atoms with van der Waals surface area (Å²) >= 11 is 0. The summed E-state index contributed by atoms with van der Waals surface area (Å²) in [4.78, 5) is 31.6. The van der Waals surface area contributed by atoms with Crippen molar-refractivity contribution in [2.24, 2.45) is 0 Å². The van der Waals surface area contributed by atoms with Crippen molar-refractivity contribution in [3.05, 3.63) is 70.0 Å². The molecule has 5 rings (SSSR count).